The second kappa shape index (κ2) is 7.14. The highest BCUT2D eigenvalue weighted by Gasteiger charge is 2.27. The molecule has 0 atom stereocenters. The minimum atomic E-state index is 0.714. The third kappa shape index (κ3) is 2.78. The van der Waals surface area contributed by atoms with Crippen LogP contribution in [0.2, 0.25) is 0 Å². The zero-order valence-electron chi connectivity index (χ0n) is 15.8. The molecule has 28 heavy (non-hydrogen) atoms. The lowest BCUT2D eigenvalue weighted by molar-refractivity contribution is 0.122. The normalized spacial score (nSPS) is 15.5. The van der Waals surface area contributed by atoms with Gasteiger partial charge < -0.3 is 9.64 Å². The number of nitrogens with zero attached hydrogens (tertiary/aromatic N) is 2. The molecule has 1 saturated heterocycles. The molecule has 0 saturated carbocycles. The molecule has 0 unspecified atom stereocenters. The lowest BCUT2D eigenvalue weighted by Gasteiger charge is -2.34. The lowest BCUT2D eigenvalue weighted by atomic mass is 9.80. The summed E-state index contributed by atoms with van der Waals surface area (Å²) in [6.07, 6.45) is 2.00. The first-order chi connectivity index (χ1) is 13.9. The van der Waals surface area contributed by atoms with E-state index >= 15 is 0 Å². The van der Waals surface area contributed by atoms with Crippen LogP contribution < -0.4 is 4.90 Å². The summed E-state index contributed by atoms with van der Waals surface area (Å²) >= 11 is 0. The maximum Gasteiger partial charge on any atom is 0.102 e. The Balaban J connectivity index is 1.81. The van der Waals surface area contributed by atoms with Crippen molar-refractivity contribution in [3.8, 4) is 28.3 Å². The zero-order valence-corrected chi connectivity index (χ0v) is 15.8. The van der Waals surface area contributed by atoms with Gasteiger partial charge in [-0.2, -0.15) is 5.26 Å². The molecule has 1 aliphatic heterocycles. The average Bonchev–Trinajstić information content (AvgIpc) is 2.78. The van der Waals surface area contributed by atoms with Gasteiger partial charge in [0, 0.05) is 18.7 Å². The largest absolute Gasteiger partial charge is 0.378 e. The summed E-state index contributed by atoms with van der Waals surface area (Å²) < 4.78 is 5.59. The van der Waals surface area contributed by atoms with Crippen LogP contribution in [0.5, 0.6) is 0 Å². The van der Waals surface area contributed by atoms with Crippen LogP contribution >= 0.6 is 0 Å². The standard InChI is InChI=1S/C25H22N2O/c26-17-24-22(18-6-2-1-3-7-18)16-23-20-9-5-4-8-19(20)10-11-21(23)25(24)27-12-14-28-15-13-27/h1-9,16H,10-15H2. The summed E-state index contributed by atoms with van der Waals surface area (Å²) in [5, 5.41) is 10.2. The van der Waals surface area contributed by atoms with E-state index < -0.39 is 0 Å². The summed E-state index contributed by atoms with van der Waals surface area (Å²) in [6, 6.07) is 23.8. The van der Waals surface area contributed by atoms with Gasteiger partial charge in [0.05, 0.1) is 24.5 Å². The number of rotatable bonds is 2. The predicted octanol–water partition coefficient (Wildman–Crippen LogP) is 4.83. The number of hydrogen-bond donors (Lipinski definition) is 0. The van der Waals surface area contributed by atoms with E-state index in [1.54, 1.807) is 0 Å². The van der Waals surface area contributed by atoms with E-state index in [1.165, 1.54) is 22.3 Å². The molecule has 3 aromatic carbocycles. The summed E-state index contributed by atoms with van der Waals surface area (Å²) in [4.78, 5) is 2.36. The molecule has 0 N–H and O–H groups in total. The molecule has 2 aliphatic rings. The van der Waals surface area contributed by atoms with Crippen molar-refractivity contribution in [1.82, 2.24) is 0 Å². The number of ether oxygens (including phenoxy) is 1. The summed E-state index contributed by atoms with van der Waals surface area (Å²) in [5.74, 6) is 0. The van der Waals surface area contributed by atoms with Gasteiger partial charge in [-0.1, -0.05) is 54.6 Å². The van der Waals surface area contributed by atoms with Crippen LogP contribution in [-0.2, 0) is 17.6 Å². The minimum absolute atomic E-state index is 0.714. The first kappa shape index (κ1) is 17.0. The third-order valence-corrected chi connectivity index (χ3v) is 5.88. The molecule has 5 rings (SSSR count). The number of benzene rings is 3. The van der Waals surface area contributed by atoms with Gasteiger partial charge in [-0.15, -0.1) is 0 Å². The maximum atomic E-state index is 10.2. The van der Waals surface area contributed by atoms with Crippen molar-refractivity contribution in [3.63, 3.8) is 0 Å². The van der Waals surface area contributed by atoms with E-state index in [0.29, 0.717) is 13.2 Å². The fraction of sp³-hybridized carbons (Fsp3) is 0.240. The van der Waals surface area contributed by atoms with Crippen LogP contribution in [0.4, 0.5) is 5.69 Å². The van der Waals surface area contributed by atoms with Crippen LogP contribution in [0.1, 0.15) is 16.7 Å². The molecule has 0 aromatic heterocycles. The Bertz CT molecular complexity index is 1060. The molecule has 3 nitrogen and oxygen atoms in total. The van der Waals surface area contributed by atoms with Gasteiger partial charge in [-0.3, -0.25) is 0 Å². The number of morpholine rings is 1. The van der Waals surface area contributed by atoms with E-state index in [1.807, 2.05) is 18.2 Å². The Labute approximate surface area is 165 Å². The van der Waals surface area contributed by atoms with Gasteiger partial charge in [0.1, 0.15) is 6.07 Å². The third-order valence-electron chi connectivity index (χ3n) is 5.88. The lowest BCUT2D eigenvalue weighted by Crippen LogP contribution is -2.37. The van der Waals surface area contributed by atoms with Gasteiger partial charge in [-0.05, 0) is 46.7 Å². The molecule has 0 bridgehead atoms. The Kier molecular flexibility index (Phi) is 4.35. The van der Waals surface area contributed by atoms with Gasteiger partial charge in [-0.25, -0.2) is 0 Å². The van der Waals surface area contributed by atoms with Crippen LogP contribution in [0.25, 0.3) is 22.3 Å². The molecule has 1 fully saturated rings. The number of nitriles is 1. The Morgan fingerprint density at radius 1 is 0.821 bits per heavy atom. The fourth-order valence-corrected chi connectivity index (χ4v) is 4.56. The summed E-state index contributed by atoms with van der Waals surface area (Å²) in [5.41, 5.74) is 9.34. The van der Waals surface area contributed by atoms with E-state index in [0.717, 1.165) is 48.3 Å². The van der Waals surface area contributed by atoms with Crippen LogP contribution in [0, 0.1) is 11.3 Å². The number of fused-ring (bicyclic) bond motifs is 3. The van der Waals surface area contributed by atoms with Gasteiger partial charge in [0.25, 0.3) is 0 Å². The predicted molar refractivity (Wildman–Crippen MR) is 112 cm³/mol. The monoisotopic (exact) mass is 366 g/mol. The Hall–Kier alpha value is -3.09. The van der Waals surface area contributed by atoms with Crippen LogP contribution in [0.3, 0.4) is 0 Å². The second-order valence-electron chi connectivity index (χ2n) is 7.41. The average molecular weight is 366 g/mol. The van der Waals surface area contributed by atoms with Crippen molar-refractivity contribution in [2.75, 3.05) is 31.2 Å². The van der Waals surface area contributed by atoms with Crippen LogP contribution in [0.15, 0.2) is 60.7 Å². The molecule has 3 heteroatoms. The quantitative estimate of drug-likeness (QED) is 0.652. The smallest absolute Gasteiger partial charge is 0.102 e. The van der Waals surface area contributed by atoms with E-state index in [9.17, 15) is 5.26 Å². The van der Waals surface area contributed by atoms with Gasteiger partial charge >= 0.3 is 0 Å². The topological polar surface area (TPSA) is 36.3 Å². The first-order valence-corrected chi connectivity index (χ1v) is 9.93. The van der Waals surface area contributed by atoms with E-state index in [2.05, 4.69) is 53.4 Å². The van der Waals surface area contributed by atoms with Crippen molar-refractivity contribution >= 4 is 5.69 Å². The Morgan fingerprint density at radius 2 is 1.57 bits per heavy atom. The molecular weight excluding hydrogens is 344 g/mol. The minimum Gasteiger partial charge on any atom is -0.378 e. The number of aryl methyl sites for hydroxylation is 1. The highest BCUT2D eigenvalue weighted by molar-refractivity contribution is 5.90. The summed E-state index contributed by atoms with van der Waals surface area (Å²) in [7, 11) is 0. The van der Waals surface area contributed by atoms with Gasteiger partial charge in [0.15, 0.2) is 0 Å². The first-order valence-electron chi connectivity index (χ1n) is 9.93. The highest BCUT2D eigenvalue weighted by Crippen LogP contribution is 2.44. The van der Waals surface area contributed by atoms with Crippen LogP contribution in [-0.4, -0.2) is 26.3 Å². The molecule has 3 aromatic rings. The van der Waals surface area contributed by atoms with E-state index in [-0.39, 0.29) is 0 Å². The van der Waals surface area contributed by atoms with Crippen molar-refractivity contribution in [2.24, 2.45) is 0 Å². The maximum absolute atomic E-state index is 10.2. The van der Waals surface area contributed by atoms with Crippen molar-refractivity contribution in [2.45, 2.75) is 12.8 Å². The molecule has 138 valence electrons. The number of anilines is 1. The SMILES string of the molecule is N#Cc1c(-c2ccccc2)cc2c(c1N1CCOCC1)CCc1ccccc1-2. The second-order valence-corrected chi connectivity index (χ2v) is 7.41. The molecular formula is C25H22N2O. The zero-order chi connectivity index (χ0) is 18.9. The van der Waals surface area contributed by atoms with Crippen molar-refractivity contribution in [1.29, 1.82) is 5.26 Å². The number of hydrogen-bond acceptors (Lipinski definition) is 3. The van der Waals surface area contributed by atoms with E-state index in [4.69, 9.17) is 4.74 Å². The highest BCUT2D eigenvalue weighted by atomic mass is 16.5. The van der Waals surface area contributed by atoms with Crippen molar-refractivity contribution in [3.05, 3.63) is 77.4 Å². The molecule has 1 heterocycles. The fourth-order valence-electron chi connectivity index (χ4n) is 4.56. The molecule has 0 spiro atoms. The molecule has 1 aliphatic carbocycles. The summed E-state index contributed by atoms with van der Waals surface area (Å²) in [6.45, 7) is 3.10. The van der Waals surface area contributed by atoms with Crippen molar-refractivity contribution < 1.29 is 4.74 Å². The molecule has 0 amide bonds. The Morgan fingerprint density at radius 3 is 2.36 bits per heavy atom. The molecule has 0 radical (unpaired) electrons. The van der Waals surface area contributed by atoms with Gasteiger partial charge in [0.2, 0.25) is 0 Å².